The van der Waals surface area contributed by atoms with E-state index < -0.39 is 0 Å². The molecule has 1 heterocycles. The summed E-state index contributed by atoms with van der Waals surface area (Å²) in [4.78, 5) is 4.19. The lowest BCUT2D eigenvalue weighted by Gasteiger charge is -2.25. The third-order valence-electron chi connectivity index (χ3n) is 3.55. The van der Waals surface area contributed by atoms with Crippen LogP contribution in [0.25, 0.3) is 0 Å². The molecule has 1 atom stereocenters. The third-order valence-corrected chi connectivity index (χ3v) is 3.55. The van der Waals surface area contributed by atoms with Crippen LogP contribution in [0.1, 0.15) is 36.9 Å². The predicted molar refractivity (Wildman–Crippen MR) is 62.5 cm³/mol. The molecule has 2 rings (SSSR count). The van der Waals surface area contributed by atoms with Gasteiger partial charge in [-0.3, -0.25) is 0 Å². The van der Waals surface area contributed by atoms with Crippen LogP contribution in [0.3, 0.4) is 0 Å². The maximum Gasteiger partial charge on any atom is 0.128 e. The molecule has 1 aromatic rings. The Morgan fingerprint density at radius 1 is 1.53 bits per heavy atom. The van der Waals surface area contributed by atoms with E-state index in [4.69, 9.17) is 5.73 Å². The molecule has 0 amide bonds. The Hall–Kier alpha value is -1.09. The first-order valence-electron chi connectivity index (χ1n) is 5.47. The van der Waals surface area contributed by atoms with Crippen LogP contribution in [0.4, 0.5) is 5.82 Å². The van der Waals surface area contributed by atoms with Gasteiger partial charge in [0.1, 0.15) is 5.82 Å². The number of pyridine rings is 1. The molecule has 3 heteroatoms. The molecule has 0 spiro atoms. The van der Waals surface area contributed by atoms with E-state index >= 15 is 0 Å². The zero-order valence-electron chi connectivity index (χ0n) is 9.67. The highest BCUT2D eigenvalue weighted by Crippen LogP contribution is 2.55. The molecule has 0 bridgehead atoms. The van der Waals surface area contributed by atoms with E-state index in [0.29, 0.717) is 17.3 Å². The first kappa shape index (κ1) is 10.4. The molecule has 1 saturated carbocycles. The van der Waals surface area contributed by atoms with E-state index in [-0.39, 0.29) is 0 Å². The van der Waals surface area contributed by atoms with E-state index in [0.717, 1.165) is 0 Å². The van der Waals surface area contributed by atoms with Gasteiger partial charge in [-0.1, -0.05) is 6.92 Å². The molecular weight excluding hydrogens is 186 g/mol. The summed E-state index contributed by atoms with van der Waals surface area (Å²) in [6.45, 7) is 4.41. The Morgan fingerprint density at radius 2 is 2.20 bits per heavy atom. The van der Waals surface area contributed by atoms with Crippen molar-refractivity contribution < 1.29 is 0 Å². The van der Waals surface area contributed by atoms with Gasteiger partial charge in [0.25, 0.3) is 0 Å². The quantitative estimate of drug-likeness (QED) is 0.794. The summed E-state index contributed by atoms with van der Waals surface area (Å²) >= 11 is 0. The fourth-order valence-electron chi connectivity index (χ4n) is 2.29. The lowest BCUT2D eigenvalue weighted by molar-refractivity contribution is 0.389. The SMILES string of the molecule is CNC(c1c(C)ccnc1N)C1(C)CC1. The second kappa shape index (κ2) is 3.49. The molecule has 1 fully saturated rings. The lowest BCUT2D eigenvalue weighted by atomic mass is 9.89. The van der Waals surface area contributed by atoms with Crippen molar-refractivity contribution >= 4 is 5.82 Å². The van der Waals surface area contributed by atoms with Gasteiger partial charge in [-0.25, -0.2) is 4.98 Å². The average Bonchev–Trinajstić information content (AvgIpc) is 2.91. The van der Waals surface area contributed by atoms with Crippen LogP contribution in [0.2, 0.25) is 0 Å². The van der Waals surface area contributed by atoms with Crippen molar-refractivity contribution in [3.63, 3.8) is 0 Å². The lowest BCUT2D eigenvalue weighted by Crippen LogP contribution is -2.26. The summed E-state index contributed by atoms with van der Waals surface area (Å²) in [5.74, 6) is 0.669. The van der Waals surface area contributed by atoms with Gasteiger partial charge in [0.05, 0.1) is 0 Å². The molecule has 0 aromatic carbocycles. The predicted octanol–water partition coefficient (Wildman–Crippen LogP) is 2.03. The summed E-state index contributed by atoms with van der Waals surface area (Å²) in [5, 5.41) is 3.38. The summed E-state index contributed by atoms with van der Waals surface area (Å²) in [7, 11) is 2.00. The summed E-state index contributed by atoms with van der Waals surface area (Å²) in [5.41, 5.74) is 8.75. The number of hydrogen-bond donors (Lipinski definition) is 2. The second-order valence-electron chi connectivity index (χ2n) is 4.80. The summed E-state index contributed by atoms with van der Waals surface area (Å²) < 4.78 is 0. The topological polar surface area (TPSA) is 50.9 Å². The third kappa shape index (κ3) is 1.72. The molecule has 3 nitrogen and oxygen atoms in total. The van der Waals surface area contributed by atoms with Gasteiger partial charge >= 0.3 is 0 Å². The maximum absolute atomic E-state index is 5.97. The second-order valence-corrected chi connectivity index (χ2v) is 4.80. The normalized spacial score (nSPS) is 19.9. The molecule has 1 aliphatic carbocycles. The minimum atomic E-state index is 0.339. The maximum atomic E-state index is 5.97. The first-order chi connectivity index (χ1) is 7.08. The Bertz CT molecular complexity index is 349. The highest BCUT2D eigenvalue weighted by Gasteiger charge is 2.45. The number of nitrogens with zero attached hydrogens (tertiary/aromatic N) is 1. The zero-order chi connectivity index (χ0) is 11.1. The fraction of sp³-hybridized carbons (Fsp3) is 0.583. The molecular formula is C12H19N3. The van der Waals surface area contributed by atoms with Crippen molar-refractivity contribution in [2.45, 2.75) is 32.7 Å². The van der Waals surface area contributed by atoms with Crippen LogP contribution >= 0.6 is 0 Å². The molecule has 82 valence electrons. The Balaban J connectivity index is 2.42. The number of nitrogens with two attached hydrogens (primary N) is 1. The number of aryl methyl sites for hydroxylation is 1. The highest BCUT2D eigenvalue weighted by molar-refractivity contribution is 5.47. The first-order valence-corrected chi connectivity index (χ1v) is 5.47. The Labute approximate surface area is 91.1 Å². The van der Waals surface area contributed by atoms with Gasteiger partial charge < -0.3 is 11.1 Å². The van der Waals surface area contributed by atoms with Crippen LogP contribution < -0.4 is 11.1 Å². The minimum Gasteiger partial charge on any atom is -0.383 e. The summed E-state index contributed by atoms with van der Waals surface area (Å²) in [6.07, 6.45) is 4.31. The largest absolute Gasteiger partial charge is 0.383 e. The zero-order valence-corrected chi connectivity index (χ0v) is 9.67. The standard InChI is InChI=1S/C12H19N3/c1-8-4-7-15-11(13)9(8)10(14-3)12(2)5-6-12/h4,7,10,14H,5-6H2,1-3H3,(H2,13,15). The van der Waals surface area contributed by atoms with Crippen molar-refractivity contribution in [2.24, 2.45) is 5.41 Å². The van der Waals surface area contributed by atoms with Crippen molar-refractivity contribution in [1.82, 2.24) is 10.3 Å². The molecule has 0 aliphatic heterocycles. The van der Waals surface area contributed by atoms with Crippen molar-refractivity contribution in [1.29, 1.82) is 0 Å². The molecule has 3 N–H and O–H groups in total. The average molecular weight is 205 g/mol. The van der Waals surface area contributed by atoms with Gasteiger partial charge in [-0.2, -0.15) is 0 Å². The van der Waals surface area contributed by atoms with E-state index in [1.165, 1.54) is 24.0 Å². The van der Waals surface area contributed by atoms with Crippen molar-refractivity contribution in [3.8, 4) is 0 Å². The molecule has 15 heavy (non-hydrogen) atoms. The minimum absolute atomic E-state index is 0.339. The van der Waals surface area contributed by atoms with Crippen molar-refractivity contribution in [3.05, 3.63) is 23.4 Å². The number of rotatable bonds is 3. The molecule has 1 unspecified atom stereocenters. The van der Waals surface area contributed by atoms with Crippen LogP contribution in [-0.4, -0.2) is 12.0 Å². The Kier molecular flexibility index (Phi) is 2.43. The van der Waals surface area contributed by atoms with Crippen LogP contribution in [0, 0.1) is 12.3 Å². The monoisotopic (exact) mass is 205 g/mol. The molecule has 1 aliphatic rings. The smallest absolute Gasteiger partial charge is 0.128 e. The van der Waals surface area contributed by atoms with E-state index in [1.54, 1.807) is 6.20 Å². The van der Waals surface area contributed by atoms with Gasteiger partial charge in [-0.05, 0) is 43.9 Å². The fourth-order valence-corrected chi connectivity index (χ4v) is 2.29. The van der Waals surface area contributed by atoms with Crippen LogP contribution in [0.5, 0.6) is 0 Å². The highest BCUT2D eigenvalue weighted by atomic mass is 14.9. The molecule has 1 aromatic heterocycles. The molecule has 0 saturated heterocycles. The molecule has 0 radical (unpaired) electrons. The van der Waals surface area contributed by atoms with Gasteiger partial charge in [-0.15, -0.1) is 0 Å². The number of hydrogen-bond acceptors (Lipinski definition) is 3. The number of nitrogens with one attached hydrogen (secondary N) is 1. The van der Waals surface area contributed by atoms with E-state index in [1.807, 2.05) is 13.1 Å². The number of anilines is 1. The van der Waals surface area contributed by atoms with Gasteiger partial charge in [0.2, 0.25) is 0 Å². The van der Waals surface area contributed by atoms with Crippen molar-refractivity contribution in [2.75, 3.05) is 12.8 Å². The number of nitrogen functional groups attached to an aromatic ring is 1. The summed E-state index contributed by atoms with van der Waals surface area (Å²) in [6, 6.07) is 2.37. The van der Waals surface area contributed by atoms with Crippen LogP contribution in [-0.2, 0) is 0 Å². The van der Waals surface area contributed by atoms with E-state index in [9.17, 15) is 0 Å². The Morgan fingerprint density at radius 3 is 2.67 bits per heavy atom. The number of aromatic nitrogens is 1. The van der Waals surface area contributed by atoms with Gasteiger partial charge in [0, 0.05) is 17.8 Å². The van der Waals surface area contributed by atoms with E-state index in [2.05, 4.69) is 24.1 Å². The van der Waals surface area contributed by atoms with Crippen LogP contribution in [0.15, 0.2) is 12.3 Å². The van der Waals surface area contributed by atoms with Gasteiger partial charge in [0.15, 0.2) is 0 Å².